The van der Waals surface area contributed by atoms with E-state index in [1.807, 2.05) is 6.92 Å². The minimum absolute atomic E-state index is 0.239. The van der Waals surface area contributed by atoms with Gasteiger partial charge in [-0.3, -0.25) is 0 Å². The zero-order valence-corrected chi connectivity index (χ0v) is 12.7. The van der Waals surface area contributed by atoms with Crippen molar-refractivity contribution in [1.29, 1.82) is 0 Å². The Morgan fingerprint density at radius 1 is 1.05 bits per heavy atom. The summed E-state index contributed by atoms with van der Waals surface area (Å²) in [6.07, 6.45) is 0. The van der Waals surface area contributed by atoms with Crippen molar-refractivity contribution >= 4 is 52.1 Å². The van der Waals surface area contributed by atoms with E-state index in [9.17, 15) is 4.39 Å². The molecular weight excluding hydrogens is 324 g/mol. The third-order valence-corrected chi connectivity index (χ3v) is 3.35. The molecular formula is C13H11Cl3FN3. The highest BCUT2D eigenvalue weighted by atomic mass is 35.5. The third-order valence-electron chi connectivity index (χ3n) is 2.46. The van der Waals surface area contributed by atoms with Crippen LogP contribution in [0.25, 0.3) is 0 Å². The first-order valence-corrected chi connectivity index (χ1v) is 6.96. The smallest absolute Gasteiger partial charge is 0.151 e. The number of hydrogen-bond donors (Lipinski definition) is 2. The topological polar surface area (TPSA) is 37.0 Å². The van der Waals surface area contributed by atoms with Gasteiger partial charge in [-0.2, -0.15) is 0 Å². The Balaban J connectivity index is 2.35. The average Bonchev–Trinajstić information content (AvgIpc) is 2.38. The van der Waals surface area contributed by atoms with Gasteiger partial charge >= 0.3 is 0 Å². The van der Waals surface area contributed by atoms with Gasteiger partial charge in [0.15, 0.2) is 5.82 Å². The van der Waals surface area contributed by atoms with Crippen LogP contribution in [-0.4, -0.2) is 11.5 Å². The van der Waals surface area contributed by atoms with Crippen LogP contribution in [0.2, 0.25) is 15.1 Å². The van der Waals surface area contributed by atoms with Crippen molar-refractivity contribution in [2.45, 2.75) is 6.92 Å². The minimum atomic E-state index is -0.413. The summed E-state index contributed by atoms with van der Waals surface area (Å²) in [5.74, 6) is 0.490. The number of pyridine rings is 1. The highest BCUT2D eigenvalue weighted by Gasteiger charge is 2.11. The van der Waals surface area contributed by atoms with E-state index in [0.717, 1.165) is 0 Å². The highest BCUT2D eigenvalue weighted by Crippen LogP contribution is 2.33. The second kappa shape index (κ2) is 6.48. The quantitative estimate of drug-likeness (QED) is 0.790. The predicted molar refractivity (Wildman–Crippen MR) is 83.1 cm³/mol. The van der Waals surface area contributed by atoms with Crippen LogP contribution in [0.3, 0.4) is 0 Å². The van der Waals surface area contributed by atoms with E-state index in [4.69, 9.17) is 34.8 Å². The van der Waals surface area contributed by atoms with Gasteiger partial charge in [0.25, 0.3) is 0 Å². The molecule has 0 amide bonds. The Morgan fingerprint density at radius 2 is 1.75 bits per heavy atom. The van der Waals surface area contributed by atoms with E-state index < -0.39 is 5.82 Å². The fraction of sp³-hybridized carbons (Fsp3) is 0.154. The normalized spacial score (nSPS) is 10.4. The van der Waals surface area contributed by atoms with E-state index in [-0.39, 0.29) is 5.02 Å². The van der Waals surface area contributed by atoms with Gasteiger partial charge in [0, 0.05) is 6.54 Å². The van der Waals surface area contributed by atoms with Gasteiger partial charge in [-0.25, -0.2) is 9.37 Å². The lowest BCUT2D eigenvalue weighted by molar-refractivity contribution is 0.628. The number of halogens is 4. The summed E-state index contributed by atoms with van der Waals surface area (Å²) in [4.78, 5) is 4.28. The van der Waals surface area contributed by atoms with Gasteiger partial charge in [-0.15, -0.1) is 0 Å². The van der Waals surface area contributed by atoms with E-state index in [0.29, 0.717) is 33.9 Å². The highest BCUT2D eigenvalue weighted by molar-refractivity contribution is 6.37. The number of anilines is 3. The molecule has 0 saturated carbocycles. The maximum absolute atomic E-state index is 13.0. The summed E-state index contributed by atoms with van der Waals surface area (Å²) in [6, 6.07) is 5.59. The third kappa shape index (κ3) is 3.45. The first-order valence-electron chi connectivity index (χ1n) is 5.83. The molecule has 0 fully saturated rings. The molecule has 7 heteroatoms. The summed E-state index contributed by atoms with van der Waals surface area (Å²) in [6.45, 7) is 2.60. The Bertz CT molecular complexity index is 634. The Labute approximate surface area is 131 Å². The van der Waals surface area contributed by atoms with E-state index >= 15 is 0 Å². The second-order valence-electron chi connectivity index (χ2n) is 3.93. The van der Waals surface area contributed by atoms with Crippen LogP contribution in [0.1, 0.15) is 6.92 Å². The molecule has 0 spiro atoms. The van der Waals surface area contributed by atoms with Crippen molar-refractivity contribution < 1.29 is 4.39 Å². The summed E-state index contributed by atoms with van der Waals surface area (Å²) in [5, 5.41) is 6.98. The van der Waals surface area contributed by atoms with Crippen molar-refractivity contribution in [3.63, 3.8) is 0 Å². The monoisotopic (exact) mass is 333 g/mol. The first kappa shape index (κ1) is 15.2. The standard InChI is InChI=1S/C13H11Cl3FN3/c1-2-18-12-9(15)6-10(16)13(20-12)19-11-4-3-7(17)5-8(11)14/h3-6H,2H2,1H3,(H2,18,19,20). The van der Waals surface area contributed by atoms with Gasteiger partial charge in [-0.05, 0) is 31.2 Å². The molecule has 1 aromatic heterocycles. The number of hydrogen-bond acceptors (Lipinski definition) is 3. The molecule has 0 saturated heterocycles. The molecule has 0 aliphatic carbocycles. The van der Waals surface area contributed by atoms with Crippen LogP contribution >= 0.6 is 34.8 Å². The van der Waals surface area contributed by atoms with Crippen molar-refractivity contribution in [3.05, 3.63) is 45.2 Å². The number of rotatable bonds is 4. The minimum Gasteiger partial charge on any atom is -0.369 e. The number of nitrogens with one attached hydrogen (secondary N) is 2. The molecule has 20 heavy (non-hydrogen) atoms. The molecule has 1 aromatic carbocycles. The van der Waals surface area contributed by atoms with Gasteiger partial charge < -0.3 is 10.6 Å². The SMILES string of the molecule is CCNc1nc(Nc2ccc(F)cc2Cl)c(Cl)cc1Cl. The second-order valence-corrected chi connectivity index (χ2v) is 5.15. The van der Waals surface area contributed by atoms with Crippen LogP contribution in [0.4, 0.5) is 21.7 Å². The number of benzene rings is 1. The van der Waals surface area contributed by atoms with Crippen molar-refractivity contribution in [1.82, 2.24) is 4.98 Å². The molecule has 0 aliphatic heterocycles. The zero-order chi connectivity index (χ0) is 14.7. The Kier molecular flexibility index (Phi) is 4.91. The van der Waals surface area contributed by atoms with Crippen LogP contribution in [0.15, 0.2) is 24.3 Å². The maximum Gasteiger partial charge on any atom is 0.151 e. The fourth-order valence-electron chi connectivity index (χ4n) is 1.56. The van der Waals surface area contributed by atoms with E-state index in [1.165, 1.54) is 18.2 Å². The summed E-state index contributed by atoms with van der Waals surface area (Å²) in [7, 11) is 0. The molecule has 106 valence electrons. The molecule has 3 nitrogen and oxygen atoms in total. The summed E-state index contributed by atoms with van der Waals surface area (Å²) in [5.41, 5.74) is 0.507. The molecule has 0 atom stereocenters. The van der Waals surface area contributed by atoms with Crippen molar-refractivity contribution in [2.24, 2.45) is 0 Å². The van der Waals surface area contributed by atoms with Crippen LogP contribution in [0, 0.1) is 5.82 Å². The largest absolute Gasteiger partial charge is 0.369 e. The van der Waals surface area contributed by atoms with Gasteiger partial charge in [0.2, 0.25) is 0 Å². The molecule has 0 radical (unpaired) electrons. The number of aromatic nitrogens is 1. The van der Waals surface area contributed by atoms with E-state index in [2.05, 4.69) is 15.6 Å². The van der Waals surface area contributed by atoms with Crippen molar-refractivity contribution in [3.8, 4) is 0 Å². The molecule has 2 rings (SSSR count). The molecule has 2 N–H and O–H groups in total. The Morgan fingerprint density at radius 3 is 2.40 bits per heavy atom. The molecule has 0 unspecified atom stereocenters. The molecule has 0 bridgehead atoms. The molecule has 1 heterocycles. The van der Waals surface area contributed by atoms with Gasteiger partial charge in [0.1, 0.15) is 11.6 Å². The van der Waals surface area contributed by atoms with Gasteiger partial charge in [0.05, 0.1) is 20.8 Å². The van der Waals surface area contributed by atoms with E-state index in [1.54, 1.807) is 6.07 Å². The maximum atomic E-state index is 13.0. The fourth-order valence-corrected chi connectivity index (χ4v) is 2.25. The zero-order valence-electron chi connectivity index (χ0n) is 10.5. The summed E-state index contributed by atoms with van der Waals surface area (Å²) >= 11 is 18.1. The van der Waals surface area contributed by atoms with Crippen LogP contribution in [0.5, 0.6) is 0 Å². The van der Waals surface area contributed by atoms with Crippen LogP contribution < -0.4 is 10.6 Å². The van der Waals surface area contributed by atoms with Gasteiger partial charge in [-0.1, -0.05) is 34.8 Å². The molecule has 0 aliphatic rings. The Hall–Kier alpha value is -1.23. The summed E-state index contributed by atoms with van der Waals surface area (Å²) < 4.78 is 13.0. The number of nitrogens with zero attached hydrogens (tertiary/aromatic N) is 1. The molecule has 2 aromatic rings. The lowest BCUT2D eigenvalue weighted by Crippen LogP contribution is -2.03. The first-order chi connectivity index (χ1) is 9.51. The van der Waals surface area contributed by atoms with Crippen molar-refractivity contribution in [2.75, 3.05) is 17.2 Å². The predicted octanol–water partition coefficient (Wildman–Crippen LogP) is 5.36. The average molecular weight is 335 g/mol. The lowest BCUT2D eigenvalue weighted by Gasteiger charge is -2.12. The van der Waals surface area contributed by atoms with Crippen LogP contribution in [-0.2, 0) is 0 Å². The lowest BCUT2D eigenvalue weighted by atomic mass is 10.3.